The van der Waals surface area contributed by atoms with Gasteiger partial charge in [0, 0.05) is 48.6 Å². The smallest absolute Gasteiger partial charge is 0.0458 e. The van der Waals surface area contributed by atoms with E-state index in [1.807, 2.05) is 12.4 Å². The maximum absolute atomic E-state index is 4.08. The Kier molecular flexibility index (Phi) is 3.63. The summed E-state index contributed by atoms with van der Waals surface area (Å²) in [6.45, 7) is 6.49. The molecular weight excluding hydrogens is 248 g/mol. The monoisotopic (exact) mass is 270 g/mol. The molecule has 4 heteroatoms. The molecule has 1 N–H and O–H groups in total. The highest BCUT2D eigenvalue weighted by Crippen LogP contribution is 2.19. The van der Waals surface area contributed by atoms with E-state index in [9.17, 15) is 0 Å². The number of hydrogen-bond donors (Lipinski definition) is 1. The van der Waals surface area contributed by atoms with Gasteiger partial charge in [-0.3, -0.25) is 9.66 Å². The van der Waals surface area contributed by atoms with Crippen LogP contribution in [0.15, 0.2) is 36.7 Å². The third-order valence-corrected chi connectivity index (χ3v) is 4.11. The Labute approximate surface area is 120 Å². The van der Waals surface area contributed by atoms with Crippen LogP contribution in [0.3, 0.4) is 0 Å². The first kappa shape index (κ1) is 13.0. The molecule has 0 amide bonds. The third-order valence-electron chi connectivity index (χ3n) is 4.11. The lowest BCUT2D eigenvalue weighted by molar-refractivity contribution is 0.489. The molecule has 3 heterocycles. The van der Waals surface area contributed by atoms with Gasteiger partial charge in [0.25, 0.3) is 0 Å². The minimum Gasteiger partial charge on any atom is -0.371 e. The Balaban J connectivity index is 1.59. The van der Waals surface area contributed by atoms with Gasteiger partial charge in [0.15, 0.2) is 0 Å². The van der Waals surface area contributed by atoms with Gasteiger partial charge in [0.2, 0.25) is 0 Å². The molecule has 0 saturated carbocycles. The molecule has 2 aromatic heterocycles. The summed E-state index contributed by atoms with van der Waals surface area (Å²) in [6.07, 6.45) is 6.07. The molecule has 1 aliphatic rings. The number of aryl methyl sites for hydroxylation is 2. The Hall–Kier alpha value is -1.97. The van der Waals surface area contributed by atoms with E-state index in [0.29, 0.717) is 6.04 Å². The summed E-state index contributed by atoms with van der Waals surface area (Å²) in [5.41, 5.74) is 7.48. The van der Waals surface area contributed by atoms with Gasteiger partial charge < -0.3 is 10.3 Å². The van der Waals surface area contributed by atoms with Crippen LogP contribution < -0.4 is 10.3 Å². The maximum Gasteiger partial charge on any atom is 0.0458 e. The van der Waals surface area contributed by atoms with E-state index in [2.05, 4.69) is 58.1 Å². The lowest BCUT2D eigenvalue weighted by Gasteiger charge is -2.35. The second-order valence-corrected chi connectivity index (χ2v) is 5.55. The molecule has 2 aromatic rings. The number of nitrogens with zero attached hydrogens (tertiary/aromatic N) is 3. The molecule has 106 valence electrons. The van der Waals surface area contributed by atoms with Crippen molar-refractivity contribution in [3.05, 3.63) is 48.0 Å². The van der Waals surface area contributed by atoms with E-state index in [1.54, 1.807) is 0 Å². The number of anilines is 1. The van der Waals surface area contributed by atoms with Gasteiger partial charge in [0.05, 0.1) is 0 Å². The first-order valence-electron chi connectivity index (χ1n) is 7.30. The van der Waals surface area contributed by atoms with Gasteiger partial charge in [-0.1, -0.05) is 0 Å². The van der Waals surface area contributed by atoms with Crippen molar-refractivity contribution in [3.63, 3.8) is 0 Å². The van der Waals surface area contributed by atoms with Crippen LogP contribution in [0.25, 0.3) is 0 Å². The van der Waals surface area contributed by atoms with Crippen LogP contribution in [0.2, 0.25) is 0 Å². The third kappa shape index (κ3) is 2.64. The number of hydrogen-bond acceptors (Lipinski definition) is 3. The zero-order chi connectivity index (χ0) is 13.9. The number of nitrogens with one attached hydrogen (secondary N) is 1. The van der Waals surface area contributed by atoms with Crippen LogP contribution in [0, 0.1) is 13.8 Å². The van der Waals surface area contributed by atoms with Crippen molar-refractivity contribution in [2.75, 3.05) is 23.4 Å². The summed E-state index contributed by atoms with van der Waals surface area (Å²) in [5, 5.41) is 0. The summed E-state index contributed by atoms with van der Waals surface area (Å²) in [5.74, 6) is 0. The van der Waals surface area contributed by atoms with E-state index >= 15 is 0 Å². The molecule has 0 aromatic carbocycles. The van der Waals surface area contributed by atoms with Crippen LogP contribution in [-0.4, -0.2) is 28.8 Å². The van der Waals surface area contributed by atoms with E-state index in [4.69, 9.17) is 0 Å². The first-order chi connectivity index (χ1) is 9.74. The van der Waals surface area contributed by atoms with Crippen LogP contribution >= 0.6 is 0 Å². The second-order valence-electron chi connectivity index (χ2n) is 5.55. The summed E-state index contributed by atoms with van der Waals surface area (Å²) >= 11 is 0. The Morgan fingerprint density at radius 2 is 1.60 bits per heavy atom. The van der Waals surface area contributed by atoms with Crippen LogP contribution in [0.5, 0.6) is 0 Å². The zero-order valence-electron chi connectivity index (χ0n) is 12.2. The predicted molar refractivity (Wildman–Crippen MR) is 82.7 cm³/mol. The summed E-state index contributed by atoms with van der Waals surface area (Å²) in [7, 11) is 0. The number of rotatable bonds is 3. The molecule has 0 aliphatic carbocycles. The highest BCUT2D eigenvalue weighted by Gasteiger charge is 2.19. The van der Waals surface area contributed by atoms with Crippen molar-refractivity contribution >= 4 is 5.69 Å². The molecule has 1 aliphatic heterocycles. The molecule has 3 rings (SSSR count). The topological polar surface area (TPSA) is 33.1 Å². The maximum atomic E-state index is 4.08. The Morgan fingerprint density at radius 3 is 2.20 bits per heavy atom. The van der Waals surface area contributed by atoms with Crippen LogP contribution in [0.1, 0.15) is 24.2 Å². The first-order valence-corrected chi connectivity index (χ1v) is 7.30. The highest BCUT2D eigenvalue weighted by atomic mass is 15.4. The number of pyridine rings is 1. The standard InChI is InChI=1S/C16H22N4/c1-13-3-4-14(2)20(13)18-15-7-11-19(12-8-15)16-5-9-17-10-6-16/h3-6,9-10,15,18H,7-8,11-12H2,1-2H3. The molecule has 0 spiro atoms. The van der Waals surface area contributed by atoms with Gasteiger partial charge >= 0.3 is 0 Å². The van der Waals surface area contributed by atoms with Crippen molar-refractivity contribution in [3.8, 4) is 0 Å². The molecule has 0 bridgehead atoms. The normalized spacial score (nSPS) is 16.4. The van der Waals surface area contributed by atoms with E-state index in [-0.39, 0.29) is 0 Å². The van der Waals surface area contributed by atoms with Crippen molar-refractivity contribution in [2.45, 2.75) is 32.7 Å². The minimum absolute atomic E-state index is 0.554. The largest absolute Gasteiger partial charge is 0.371 e. The lowest BCUT2D eigenvalue weighted by Crippen LogP contribution is -2.42. The average molecular weight is 270 g/mol. The lowest BCUT2D eigenvalue weighted by atomic mass is 10.1. The zero-order valence-corrected chi connectivity index (χ0v) is 12.2. The Bertz CT molecular complexity index is 534. The highest BCUT2D eigenvalue weighted by molar-refractivity contribution is 5.45. The minimum atomic E-state index is 0.554. The van der Waals surface area contributed by atoms with Crippen molar-refractivity contribution in [2.24, 2.45) is 0 Å². The van der Waals surface area contributed by atoms with E-state index in [1.165, 1.54) is 29.9 Å². The summed E-state index contributed by atoms with van der Waals surface area (Å²) in [4.78, 5) is 6.52. The van der Waals surface area contributed by atoms with E-state index < -0.39 is 0 Å². The molecule has 0 radical (unpaired) electrons. The van der Waals surface area contributed by atoms with Crippen molar-refractivity contribution in [1.82, 2.24) is 9.66 Å². The molecule has 1 fully saturated rings. The number of aromatic nitrogens is 2. The van der Waals surface area contributed by atoms with Gasteiger partial charge in [-0.05, 0) is 51.0 Å². The van der Waals surface area contributed by atoms with Crippen molar-refractivity contribution in [1.29, 1.82) is 0 Å². The summed E-state index contributed by atoms with van der Waals surface area (Å²) < 4.78 is 2.22. The quantitative estimate of drug-likeness (QED) is 0.931. The average Bonchev–Trinajstić information content (AvgIpc) is 2.81. The van der Waals surface area contributed by atoms with E-state index in [0.717, 1.165) is 13.1 Å². The van der Waals surface area contributed by atoms with Gasteiger partial charge in [-0.15, -0.1) is 0 Å². The van der Waals surface area contributed by atoms with Gasteiger partial charge in [0.1, 0.15) is 0 Å². The van der Waals surface area contributed by atoms with Crippen LogP contribution in [-0.2, 0) is 0 Å². The van der Waals surface area contributed by atoms with Gasteiger partial charge in [-0.2, -0.15) is 0 Å². The SMILES string of the molecule is Cc1ccc(C)n1NC1CCN(c2ccncc2)CC1. The fraction of sp³-hybridized carbons (Fsp3) is 0.438. The Morgan fingerprint density at radius 1 is 1.00 bits per heavy atom. The molecule has 0 atom stereocenters. The fourth-order valence-electron chi connectivity index (χ4n) is 2.88. The van der Waals surface area contributed by atoms with Crippen LogP contribution in [0.4, 0.5) is 5.69 Å². The summed E-state index contributed by atoms with van der Waals surface area (Å²) in [6, 6.07) is 9.06. The number of piperidine rings is 1. The molecule has 0 unspecified atom stereocenters. The predicted octanol–water partition coefficient (Wildman–Crippen LogP) is 2.71. The second kappa shape index (κ2) is 5.57. The molecule has 1 saturated heterocycles. The van der Waals surface area contributed by atoms with Gasteiger partial charge in [-0.25, -0.2) is 0 Å². The molecule has 20 heavy (non-hydrogen) atoms. The molecule has 4 nitrogen and oxygen atoms in total. The fourth-order valence-corrected chi connectivity index (χ4v) is 2.88. The van der Waals surface area contributed by atoms with Crippen molar-refractivity contribution < 1.29 is 0 Å². The molecular formula is C16H22N4.